The molecule has 0 unspecified atom stereocenters. The second-order valence-electron chi connectivity index (χ2n) is 3.10. The molecule has 0 bridgehead atoms. The minimum absolute atomic E-state index is 0.226. The monoisotopic (exact) mass is 193 g/mol. The summed E-state index contributed by atoms with van der Waals surface area (Å²) < 4.78 is 5.08. The quantitative estimate of drug-likeness (QED) is 0.733. The van der Waals surface area contributed by atoms with Gasteiger partial charge in [-0.1, -0.05) is 30.3 Å². The Morgan fingerprint density at radius 1 is 1.43 bits per heavy atom. The number of hydrogen-bond acceptors (Lipinski definition) is 3. The van der Waals surface area contributed by atoms with E-state index in [9.17, 15) is 4.79 Å². The lowest BCUT2D eigenvalue weighted by molar-refractivity contribution is -0.146. The van der Waals surface area contributed by atoms with E-state index in [-0.39, 0.29) is 12.0 Å². The maximum absolute atomic E-state index is 11.3. The van der Waals surface area contributed by atoms with Gasteiger partial charge in [0, 0.05) is 0 Å². The van der Waals surface area contributed by atoms with Crippen molar-refractivity contribution in [3.05, 3.63) is 35.9 Å². The van der Waals surface area contributed by atoms with Crippen molar-refractivity contribution in [2.24, 2.45) is 0 Å². The summed E-state index contributed by atoms with van der Waals surface area (Å²) in [6, 6.07) is 9.38. The minimum atomic E-state index is -0.251. The molecule has 0 saturated carbocycles. The van der Waals surface area contributed by atoms with Crippen LogP contribution in [0.25, 0.3) is 0 Å². The number of hydrogen-bond donors (Lipinski definition) is 1. The highest BCUT2D eigenvalue weighted by Gasteiger charge is 2.10. The summed E-state index contributed by atoms with van der Waals surface area (Å²) in [6.45, 7) is 2.11. The van der Waals surface area contributed by atoms with Crippen LogP contribution < -0.4 is 5.32 Å². The highest BCUT2D eigenvalue weighted by atomic mass is 16.5. The molecule has 1 rings (SSSR count). The molecule has 0 saturated heterocycles. The lowest BCUT2D eigenvalue weighted by Crippen LogP contribution is -2.32. The van der Waals surface area contributed by atoms with Crippen molar-refractivity contribution in [1.29, 1.82) is 0 Å². The van der Waals surface area contributed by atoms with Crippen molar-refractivity contribution >= 4 is 5.97 Å². The van der Waals surface area contributed by atoms with E-state index in [0.717, 1.165) is 5.56 Å². The summed E-state index contributed by atoms with van der Waals surface area (Å²) in [7, 11) is 1.73. The van der Waals surface area contributed by atoms with Gasteiger partial charge in [-0.05, 0) is 19.5 Å². The summed E-state index contributed by atoms with van der Waals surface area (Å²) >= 11 is 0. The third kappa shape index (κ3) is 3.18. The Kier molecular flexibility index (Phi) is 4.13. The molecule has 0 aliphatic carbocycles. The van der Waals surface area contributed by atoms with Crippen LogP contribution in [0, 0.1) is 0 Å². The molecule has 0 aromatic heterocycles. The van der Waals surface area contributed by atoms with Gasteiger partial charge in [0.05, 0.1) is 0 Å². The van der Waals surface area contributed by atoms with E-state index in [1.54, 1.807) is 14.0 Å². The van der Waals surface area contributed by atoms with Gasteiger partial charge in [0.15, 0.2) is 0 Å². The van der Waals surface area contributed by atoms with Crippen LogP contribution in [0.5, 0.6) is 0 Å². The molecule has 1 N–H and O–H groups in total. The van der Waals surface area contributed by atoms with Crippen molar-refractivity contribution in [3.63, 3.8) is 0 Å². The van der Waals surface area contributed by atoms with Crippen molar-refractivity contribution < 1.29 is 9.53 Å². The minimum Gasteiger partial charge on any atom is -0.460 e. The molecule has 1 aromatic rings. The Balaban J connectivity index is 2.38. The molecule has 14 heavy (non-hydrogen) atoms. The SMILES string of the molecule is CN[C@@H](C)C(=O)OCc1ccccc1. The molecular weight excluding hydrogens is 178 g/mol. The average molecular weight is 193 g/mol. The number of carbonyl (C=O) groups is 1. The Bertz CT molecular complexity index is 285. The number of likely N-dealkylation sites (N-methyl/N-ethyl adjacent to an activating group) is 1. The van der Waals surface area contributed by atoms with Crippen LogP contribution in [0.2, 0.25) is 0 Å². The fourth-order valence-corrected chi connectivity index (χ4v) is 0.972. The van der Waals surface area contributed by atoms with Crippen molar-refractivity contribution in [3.8, 4) is 0 Å². The van der Waals surface area contributed by atoms with Crippen molar-refractivity contribution in [2.45, 2.75) is 19.6 Å². The summed E-state index contributed by atoms with van der Waals surface area (Å²) in [5.41, 5.74) is 1.00. The van der Waals surface area contributed by atoms with E-state index in [0.29, 0.717) is 6.61 Å². The Hall–Kier alpha value is -1.35. The van der Waals surface area contributed by atoms with Gasteiger partial charge < -0.3 is 10.1 Å². The van der Waals surface area contributed by atoms with Crippen LogP contribution in [0.3, 0.4) is 0 Å². The summed E-state index contributed by atoms with van der Waals surface area (Å²) in [5, 5.41) is 2.83. The smallest absolute Gasteiger partial charge is 0.323 e. The molecule has 0 amide bonds. The van der Waals surface area contributed by atoms with Crippen LogP contribution in [-0.4, -0.2) is 19.1 Å². The lowest BCUT2D eigenvalue weighted by atomic mass is 10.2. The van der Waals surface area contributed by atoms with Crippen molar-refractivity contribution in [2.75, 3.05) is 7.05 Å². The van der Waals surface area contributed by atoms with Gasteiger partial charge in [-0.15, -0.1) is 0 Å². The second-order valence-corrected chi connectivity index (χ2v) is 3.10. The van der Waals surface area contributed by atoms with Crippen LogP contribution in [0.1, 0.15) is 12.5 Å². The van der Waals surface area contributed by atoms with E-state index >= 15 is 0 Å². The van der Waals surface area contributed by atoms with Gasteiger partial charge in [-0.2, -0.15) is 0 Å². The average Bonchev–Trinajstić information content (AvgIpc) is 2.26. The first-order valence-corrected chi connectivity index (χ1v) is 4.62. The largest absolute Gasteiger partial charge is 0.460 e. The molecule has 0 heterocycles. The van der Waals surface area contributed by atoms with Crippen LogP contribution >= 0.6 is 0 Å². The van der Waals surface area contributed by atoms with Crippen LogP contribution in [0.15, 0.2) is 30.3 Å². The van der Waals surface area contributed by atoms with Gasteiger partial charge in [0.2, 0.25) is 0 Å². The maximum atomic E-state index is 11.3. The fraction of sp³-hybridized carbons (Fsp3) is 0.364. The zero-order valence-electron chi connectivity index (χ0n) is 8.49. The highest BCUT2D eigenvalue weighted by molar-refractivity contribution is 5.75. The molecule has 1 atom stereocenters. The number of benzene rings is 1. The van der Waals surface area contributed by atoms with E-state index < -0.39 is 0 Å². The standard InChI is InChI=1S/C11H15NO2/c1-9(12-2)11(13)14-8-10-6-4-3-5-7-10/h3-7,9,12H,8H2,1-2H3/t9-/m0/s1. The lowest BCUT2D eigenvalue weighted by Gasteiger charge is -2.09. The normalized spacial score (nSPS) is 12.1. The fourth-order valence-electron chi connectivity index (χ4n) is 0.972. The van der Waals surface area contributed by atoms with Gasteiger partial charge in [-0.3, -0.25) is 4.79 Å². The maximum Gasteiger partial charge on any atom is 0.323 e. The zero-order valence-corrected chi connectivity index (χ0v) is 8.49. The number of nitrogens with one attached hydrogen (secondary N) is 1. The van der Waals surface area contributed by atoms with Gasteiger partial charge in [0.1, 0.15) is 12.6 Å². The molecule has 3 nitrogen and oxygen atoms in total. The number of carbonyl (C=O) groups excluding carboxylic acids is 1. The number of ether oxygens (including phenoxy) is 1. The van der Waals surface area contributed by atoms with E-state index in [2.05, 4.69) is 5.32 Å². The third-order valence-corrected chi connectivity index (χ3v) is 2.01. The first-order chi connectivity index (χ1) is 6.74. The molecule has 76 valence electrons. The molecular formula is C11H15NO2. The predicted octanol–water partition coefficient (Wildman–Crippen LogP) is 1.34. The molecule has 3 heteroatoms. The Morgan fingerprint density at radius 2 is 2.07 bits per heavy atom. The Morgan fingerprint density at radius 3 is 2.64 bits per heavy atom. The zero-order chi connectivity index (χ0) is 10.4. The van der Waals surface area contributed by atoms with Gasteiger partial charge >= 0.3 is 5.97 Å². The van der Waals surface area contributed by atoms with Crippen LogP contribution in [0.4, 0.5) is 0 Å². The van der Waals surface area contributed by atoms with E-state index in [4.69, 9.17) is 4.74 Å². The molecule has 0 spiro atoms. The molecule has 0 aliphatic rings. The molecule has 0 fully saturated rings. The predicted molar refractivity (Wildman–Crippen MR) is 54.8 cm³/mol. The summed E-state index contributed by atoms with van der Waals surface area (Å²) in [5.74, 6) is -0.226. The second kappa shape index (κ2) is 5.40. The van der Waals surface area contributed by atoms with Crippen LogP contribution in [-0.2, 0) is 16.1 Å². The van der Waals surface area contributed by atoms with E-state index in [1.807, 2.05) is 30.3 Å². The molecule has 1 aromatic carbocycles. The highest BCUT2D eigenvalue weighted by Crippen LogP contribution is 2.01. The topological polar surface area (TPSA) is 38.3 Å². The van der Waals surface area contributed by atoms with E-state index in [1.165, 1.54) is 0 Å². The number of esters is 1. The third-order valence-electron chi connectivity index (χ3n) is 2.01. The first kappa shape index (κ1) is 10.7. The van der Waals surface area contributed by atoms with Gasteiger partial charge in [-0.25, -0.2) is 0 Å². The summed E-state index contributed by atoms with van der Waals surface area (Å²) in [4.78, 5) is 11.3. The van der Waals surface area contributed by atoms with Crippen molar-refractivity contribution in [1.82, 2.24) is 5.32 Å². The molecule has 0 aliphatic heterocycles. The summed E-state index contributed by atoms with van der Waals surface area (Å²) in [6.07, 6.45) is 0. The molecule has 0 radical (unpaired) electrons. The number of rotatable bonds is 4. The Labute approximate surface area is 84.1 Å². The van der Waals surface area contributed by atoms with Gasteiger partial charge in [0.25, 0.3) is 0 Å². The first-order valence-electron chi connectivity index (χ1n) is 4.62.